The molecule has 0 atom stereocenters. The summed E-state index contributed by atoms with van der Waals surface area (Å²) in [6.07, 6.45) is 1.25. The Bertz CT molecular complexity index is 579. The fourth-order valence-electron chi connectivity index (χ4n) is 1.69. The quantitative estimate of drug-likeness (QED) is 0.598. The summed E-state index contributed by atoms with van der Waals surface area (Å²) in [4.78, 5) is 11.5. The predicted octanol–water partition coefficient (Wildman–Crippen LogP) is 3.83. The molecule has 0 aliphatic carbocycles. The number of rotatable bonds is 6. The van der Waals surface area contributed by atoms with Gasteiger partial charge in [-0.2, -0.15) is 0 Å². The second kappa shape index (κ2) is 7.01. The predicted molar refractivity (Wildman–Crippen MR) is 80.4 cm³/mol. The highest BCUT2D eigenvalue weighted by molar-refractivity contribution is 7.95. The maximum atomic E-state index is 10.5. The lowest BCUT2D eigenvalue weighted by atomic mass is 10.1. The first kappa shape index (κ1) is 14.5. The van der Waals surface area contributed by atoms with Crippen LogP contribution in [0.25, 0.3) is 0 Å². The number of ether oxygens (including phenoxy) is 1. The van der Waals surface area contributed by atoms with Gasteiger partial charge in [0.05, 0.1) is 19.2 Å². The van der Waals surface area contributed by atoms with Crippen LogP contribution in [-0.2, 0) is 11.2 Å². The monoisotopic (exact) mass is 288 g/mol. The summed E-state index contributed by atoms with van der Waals surface area (Å²) < 4.78 is 11.0. The van der Waals surface area contributed by atoms with Gasteiger partial charge >= 0.3 is 0 Å². The molecule has 0 spiro atoms. The van der Waals surface area contributed by atoms with Crippen LogP contribution in [0.15, 0.2) is 47.4 Å². The second-order valence-corrected chi connectivity index (χ2v) is 5.14. The number of methoxy groups -OCH3 is 1. The minimum absolute atomic E-state index is 0.377. The molecule has 0 aliphatic rings. The number of hydrogen-bond acceptors (Lipinski definition) is 4. The van der Waals surface area contributed by atoms with Gasteiger partial charge in [-0.1, -0.05) is 23.8 Å². The maximum Gasteiger partial charge on any atom is 0.179 e. The Morgan fingerprint density at radius 2 is 1.85 bits per heavy atom. The molecule has 0 saturated heterocycles. The molecule has 4 heteroatoms. The zero-order chi connectivity index (χ0) is 14.4. The lowest BCUT2D eigenvalue weighted by Crippen LogP contribution is -1.92. The van der Waals surface area contributed by atoms with E-state index in [0.717, 1.165) is 16.7 Å². The Labute approximate surface area is 123 Å². The highest BCUT2D eigenvalue weighted by atomic mass is 32.2. The molecule has 0 aromatic heterocycles. The molecule has 2 rings (SSSR count). The van der Waals surface area contributed by atoms with Crippen LogP contribution in [0.5, 0.6) is 11.5 Å². The molecule has 0 bridgehead atoms. The van der Waals surface area contributed by atoms with Crippen molar-refractivity contribution in [2.24, 2.45) is 0 Å². The average molecular weight is 288 g/mol. The summed E-state index contributed by atoms with van der Waals surface area (Å²) in [5.41, 5.74) is 2.12. The summed E-state index contributed by atoms with van der Waals surface area (Å²) in [5, 5.41) is 0. The van der Waals surface area contributed by atoms with Crippen LogP contribution in [-0.4, -0.2) is 13.4 Å². The summed E-state index contributed by atoms with van der Waals surface area (Å²) in [6.45, 7) is 2.05. The molecule has 0 N–H and O–H groups in total. The van der Waals surface area contributed by atoms with Gasteiger partial charge in [0.15, 0.2) is 11.5 Å². The summed E-state index contributed by atoms with van der Waals surface area (Å²) in [6, 6.07) is 13.6. The van der Waals surface area contributed by atoms with Gasteiger partial charge in [0.1, 0.15) is 6.29 Å². The van der Waals surface area contributed by atoms with Crippen LogP contribution in [0.4, 0.5) is 0 Å². The van der Waals surface area contributed by atoms with Crippen LogP contribution in [0.3, 0.4) is 0 Å². The highest BCUT2D eigenvalue weighted by Gasteiger charge is 2.07. The van der Waals surface area contributed by atoms with E-state index < -0.39 is 0 Å². The van der Waals surface area contributed by atoms with Gasteiger partial charge in [0.25, 0.3) is 0 Å². The Morgan fingerprint density at radius 1 is 1.10 bits per heavy atom. The number of carbonyl (C=O) groups is 1. The van der Waals surface area contributed by atoms with Crippen molar-refractivity contribution < 1.29 is 13.7 Å². The molecule has 0 heterocycles. The van der Waals surface area contributed by atoms with Gasteiger partial charge in [-0.25, -0.2) is 0 Å². The third-order valence-electron chi connectivity index (χ3n) is 2.80. The van der Waals surface area contributed by atoms with E-state index in [4.69, 9.17) is 8.92 Å². The zero-order valence-corrected chi connectivity index (χ0v) is 12.3. The number of aldehydes is 1. The van der Waals surface area contributed by atoms with Gasteiger partial charge in [-0.15, -0.1) is 0 Å². The van der Waals surface area contributed by atoms with Crippen molar-refractivity contribution in [2.45, 2.75) is 18.2 Å². The van der Waals surface area contributed by atoms with Crippen molar-refractivity contribution in [1.82, 2.24) is 0 Å². The smallest absolute Gasteiger partial charge is 0.179 e. The van der Waals surface area contributed by atoms with Crippen LogP contribution in [0.2, 0.25) is 0 Å². The minimum atomic E-state index is 0.377. The van der Waals surface area contributed by atoms with Crippen molar-refractivity contribution in [2.75, 3.05) is 7.11 Å². The SMILES string of the molecule is COc1cc(CC=O)ccc1OSc1ccc(C)cc1. The van der Waals surface area contributed by atoms with E-state index in [1.807, 2.05) is 49.4 Å². The van der Waals surface area contributed by atoms with Gasteiger partial charge in [0, 0.05) is 11.3 Å². The number of aryl methyl sites for hydroxylation is 1. The average Bonchev–Trinajstić information content (AvgIpc) is 2.47. The lowest BCUT2D eigenvalue weighted by Gasteiger charge is -2.10. The molecule has 20 heavy (non-hydrogen) atoms. The largest absolute Gasteiger partial charge is 0.493 e. The lowest BCUT2D eigenvalue weighted by molar-refractivity contribution is -0.107. The first-order chi connectivity index (χ1) is 9.72. The fraction of sp³-hybridized carbons (Fsp3) is 0.188. The van der Waals surface area contributed by atoms with Crippen LogP contribution >= 0.6 is 12.0 Å². The van der Waals surface area contributed by atoms with E-state index in [1.54, 1.807) is 7.11 Å². The molecule has 0 amide bonds. The molecule has 0 fully saturated rings. The Kier molecular flexibility index (Phi) is 5.07. The summed E-state index contributed by atoms with van der Waals surface area (Å²) in [5.74, 6) is 1.27. The van der Waals surface area contributed by atoms with Gasteiger partial charge in [-0.05, 0) is 36.8 Å². The van der Waals surface area contributed by atoms with Gasteiger partial charge < -0.3 is 13.7 Å². The Balaban J connectivity index is 2.08. The van der Waals surface area contributed by atoms with Crippen molar-refractivity contribution in [3.05, 3.63) is 53.6 Å². The normalized spacial score (nSPS) is 10.1. The van der Waals surface area contributed by atoms with Crippen molar-refractivity contribution in [1.29, 1.82) is 0 Å². The second-order valence-electron chi connectivity index (χ2n) is 4.34. The van der Waals surface area contributed by atoms with Crippen molar-refractivity contribution in [3.63, 3.8) is 0 Å². The molecule has 0 saturated carbocycles. The highest BCUT2D eigenvalue weighted by Crippen LogP contribution is 2.33. The van der Waals surface area contributed by atoms with Crippen LogP contribution < -0.4 is 8.92 Å². The molecule has 0 radical (unpaired) electrons. The van der Waals surface area contributed by atoms with Gasteiger partial charge in [0.2, 0.25) is 0 Å². The molecule has 104 valence electrons. The third kappa shape index (κ3) is 3.78. The van der Waals surface area contributed by atoms with E-state index in [-0.39, 0.29) is 0 Å². The summed E-state index contributed by atoms with van der Waals surface area (Å²) >= 11 is 1.28. The van der Waals surface area contributed by atoms with E-state index in [0.29, 0.717) is 17.9 Å². The molecule has 2 aromatic carbocycles. The summed E-state index contributed by atoms with van der Waals surface area (Å²) in [7, 11) is 1.59. The van der Waals surface area contributed by atoms with Crippen molar-refractivity contribution >= 4 is 18.3 Å². The molecule has 0 unspecified atom stereocenters. The number of benzene rings is 2. The fourth-order valence-corrected chi connectivity index (χ4v) is 2.26. The third-order valence-corrected chi connectivity index (χ3v) is 3.52. The number of carbonyl (C=O) groups excluding carboxylic acids is 1. The molecular formula is C16H16O3S. The Hall–Kier alpha value is -1.94. The van der Waals surface area contributed by atoms with Crippen molar-refractivity contribution in [3.8, 4) is 11.5 Å². The van der Waals surface area contributed by atoms with Gasteiger partial charge in [-0.3, -0.25) is 0 Å². The first-order valence-electron chi connectivity index (χ1n) is 6.24. The van der Waals surface area contributed by atoms with E-state index in [9.17, 15) is 4.79 Å². The maximum absolute atomic E-state index is 10.5. The van der Waals surface area contributed by atoms with E-state index >= 15 is 0 Å². The molecule has 3 nitrogen and oxygen atoms in total. The standard InChI is InChI=1S/C16H16O3S/c1-12-3-6-14(7-4-12)20-19-15-8-5-13(9-10-17)11-16(15)18-2/h3-8,10-11H,9H2,1-2H3. The molecular weight excluding hydrogens is 272 g/mol. The minimum Gasteiger partial charge on any atom is -0.493 e. The molecule has 0 aliphatic heterocycles. The first-order valence-corrected chi connectivity index (χ1v) is 6.99. The topological polar surface area (TPSA) is 35.5 Å². The zero-order valence-electron chi connectivity index (χ0n) is 11.5. The van der Waals surface area contributed by atoms with E-state index in [2.05, 4.69) is 0 Å². The van der Waals surface area contributed by atoms with E-state index in [1.165, 1.54) is 17.6 Å². The van der Waals surface area contributed by atoms with Crippen LogP contribution in [0.1, 0.15) is 11.1 Å². The molecule has 2 aromatic rings. The Morgan fingerprint density at radius 3 is 2.50 bits per heavy atom. The van der Waals surface area contributed by atoms with Crippen LogP contribution in [0, 0.1) is 6.92 Å². The number of hydrogen-bond donors (Lipinski definition) is 0.